The lowest BCUT2D eigenvalue weighted by atomic mass is 9.94. The molecule has 18 heavy (non-hydrogen) atoms. The lowest BCUT2D eigenvalue weighted by molar-refractivity contribution is -0.116. The highest BCUT2D eigenvalue weighted by molar-refractivity contribution is 6.17. The van der Waals surface area contributed by atoms with Crippen LogP contribution in [0.1, 0.15) is 42.0 Å². The summed E-state index contributed by atoms with van der Waals surface area (Å²) in [6, 6.07) is 4.39. The number of ether oxygens (including phenoxy) is 1. The van der Waals surface area contributed by atoms with E-state index in [0.29, 0.717) is 25.5 Å². The molecule has 1 aromatic rings. The van der Waals surface area contributed by atoms with Crippen LogP contribution in [0.3, 0.4) is 0 Å². The van der Waals surface area contributed by atoms with Crippen LogP contribution in [-0.2, 0) is 35.6 Å². The quantitative estimate of drug-likeness (QED) is 0.583. The molecular weight excluding hydrogens is 248 g/mol. The number of unbranched alkanes of at least 4 members (excludes halogenated alkanes) is 1. The van der Waals surface area contributed by atoms with Gasteiger partial charge in [0.25, 0.3) is 0 Å². The molecule has 98 valence electrons. The van der Waals surface area contributed by atoms with E-state index in [2.05, 4.69) is 12.1 Å². The van der Waals surface area contributed by atoms with Crippen molar-refractivity contribution in [2.45, 2.75) is 45.8 Å². The van der Waals surface area contributed by atoms with Gasteiger partial charge in [-0.1, -0.05) is 12.1 Å². The molecule has 0 unspecified atom stereocenters. The Kier molecular flexibility index (Phi) is 4.79. The second kappa shape index (κ2) is 6.35. The minimum Gasteiger partial charge on any atom is -0.372 e. The number of rotatable bonds is 6. The van der Waals surface area contributed by atoms with Crippen molar-refractivity contribution >= 4 is 17.4 Å². The Labute approximate surface area is 113 Å². The van der Waals surface area contributed by atoms with E-state index in [4.69, 9.17) is 16.3 Å². The molecule has 0 saturated heterocycles. The van der Waals surface area contributed by atoms with Gasteiger partial charge in [-0.15, -0.1) is 11.6 Å². The van der Waals surface area contributed by atoms with Crippen molar-refractivity contribution in [1.29, 1.82) is 0 Å². The van der Waals surface area contributed by atoms with Gasteiger partial charge in [-0.2, -0.15) is 0 Å². The van der Waals surface area contributed by atoms with E-state index in [-0.39, 0.29) is 5.78 Å². The fourth-order valence-electron chi connectivity index (χ4n) is 2.44. The van der Waals surface area contributed by atoms with Crippen LogP contribution in [0, 0.1) is 0 Å². The first-order valence-corrected chi connectivity index (χ1v) is 7.01. The van der Waals surface area contributed by atoms with Gasteiger partial charge in [0.05, 0.1) is 13.2 Å². The Morgan fingerprint density at radius 3 is 2.89 bits per heavy atom. The Balaban J connectivity index is 2.19. The van der Waals surface area contributed by atoms with E-state index in [0.717, 1.165) is 24.8 Å². The van der Waals surface area contributed by atoms with E-state index >= 15 is 0 Å². The van der Waals surface area contributed by atoms with Gasteiger partial charge in [-0.3, -0.25) is 4.79 Å². The SMILES string of the molecule is CC(=O)Cc1cc(CCCCCl)cc2c1COC2. The van der Waals surface area contributed by atoms with Gasteiger partial charge in [0.1, 0.15) is 5.78 Å². The molecule has 1 aliphatic heterocycles. The van der Waals surface area contributed by atoms with E-state index in [9.17, 15) is 4.79 Å². The first-order valence-electron chi connectivity index (χ1n) is 6.47. The second-order valence-corrected chi connectivity index (χ2v) is 5.29. The van der Waals surface area contributed by atoms with Crippen LogP contribution in [0.15, 0.2) is 12.1 Å². The molecule has 0 amide bonds. The molecule has 1 aliphatic rings. The maximum absolute atomic E-state index is 11.3. The van der Waals surface area contributed by atoms with Crippen molar-refractivity contribution in [3.05, 3.63) is 34.4 Å². The van der Waals surface area contributed by atoms with Crippen molar-refractivity contribution in [3.63, 3.8) is 0 Å². The van der Waals surface area contributed by atoms with Crippen LogP contribution in [-0.4, -0.2) is 11.7 Å². The third-order valence-electron chi connectivity index (χ3n) is 3.29. The van der Waals surface area contributed by atoms with Crippen LogP contribution < -0.4 is 0 Å². The molecule has 0 aliphatic carbocycles. The summed E-state index contributed by atoms with van der Waals surface area (Å²) in [6.45, 7) is 2.98. The molecule has 0 fully saturated rings. The fraction of sp³-hybridized carbons (Fsp3) is 0.533. The first-order chi connectivity index (χ1) is 8.70. The van der Waals surface area contributed by atoms with E-state index < -0.39 is 0 Å². The minimum atomic E-state index is 0.210. The summed E-state index contributed by atoms with van der Waals surface area (Å²) in [5.74, 6) is 0.927. The van der Waals surface area contributed by atoms with Gasteiger partial charge in [0, 0.05) is 12.3 Å². The smallest absolute Gasteiger partial charge is 0.134 e. The van der Waals surface area contributed by atoms with E-state index in [1.54, 1.807) is 6.92 Å². The highest BCUT2D eigenvalue weighted by Crippen LogP contribution is 2.26. The average Bonchev–Trinajstić information content (AvgIpc) is 2.77. The van der Waals surface area contributed by atoms with Crippen molar-refractivity contribution in [3.8, 4) is 0 Å². The minimum absolute atomic E-state index is 0.210. The summed E-state index contributed by atoms with van der Waals surface area (Å²) in [7, 11) is 0. The molecule has 0 bridgehead atoms. The fourth-order valence-corrected chi connectivity index (χ4v) is 2.63. The summed E-state index contributed by atoms with van der Waals surface area (Å²) >= 11 is 5.70. The Morgan fingerprint density at radius 2 is 2.17 bits per heavy atom. The Morgan fingerprint density at radius 1 is 1.33 bits per heavy atom. The number of carbonyl (C=O) groups is 1. The largest absolute Gasteiger partial charge is 0.372 e. The van der Waals surface area contributed by atoms with Crippen LogP contribution in [0.2, 0.25) is 0 Å². The number of fused-ring (bicyclic) bond motifs is 1. The molecule has 1 aromatic carbocycles. The summed E-state index contributed by atoms with van der Waals surface area (Å²) in [5.41, 5.74) is 4.94. The average molecular weight is 267 g/mol. The van der Waals surface area contributed by atoms with Gasteiger partial charge in [0.15, 0.2) is 0 Å². The predicted octanol–water partition coefficient (Wildman–Crippen LogP) is 3.41. The second-order valence-electron chi connectivity index (χ2n) is 4.91. The third kappa shape index (κ3) is 3.33. The van der Waals surface area contributed by atoms with Gasteiger partial charge in [-0.05, 0) is 48.4 Å². The van der Waals surface area contributed by atoms with Crippen LogP contribution in [0.4, 0.5) is 0 Å². The summed E-state index contributed by atoms with van der Waals surface area (Å²) in [5, 5.41) is 0. The summed E-state index contributed by atoms with van der Waals surface area (Å²) in [6.07, 6.45) is 3.69. The van der Waals surface area contributed by atoms with Gasteiger partial charge >= 0.3 is 0 Å². The lowest BCUT2D eigenvalue weighted by Crippen LogP contribution is -2.03. The summed E-state index contributed by atoms with van der Waals surface area (Å²) < 4.78 is 5.49. The van der Waals surface area contributed by atoms with E-state index in [1.165, 1.54) is 16.7 Å². The molecule has 2 rings (SSSR count). The van der Waals surface area contributed by atoms with Crippen LogP contribution >= 0.6 is 11.6 Å². The molecule has 2 nitrogen and oxygen atoms in total. The predicted molar refractivity (Wildman–Crippen MR) is 73.0 cm³/mol. The summed E-state index contributed by atoms with van der Waals surface area (Å²) in [4.78, 5) is 11.3. The van der Waals surface area contributed by atoms with Gasteiger partial charge in [-0.25, -0.2) is 0 Å². The van der Waals surface area contributed by atoms with Crippen molar-refractivity contribution in [1.82, 2.24) is 0 Å². The highest BCUT2D eigenvalue weighted by Gasteiger charge is 2.17. The maximum atomic E-state index is 11.3. The Bertz CT molecular complexity index is 440. The first kappa shape index (κ1) is 13.6. The number of ketones is 1. The number of Topliss-reactive ketones (excluding diaryl/α,β-unsaturated/α-hetero) is 1. The maximum Gasteiger partial charge on any atom is 0.134 e. The monoisotopic (exact) mass is 266 g/mol. The van der Waals surface area contributed by atoms with Crippen molar-refractivity contribution < 1.29 is 9.53 Å². The van der Waals surface area contributed by atoms with E-state index in [1.807, 2.05) is 0 Å². The number of aryl methyl sites for hydroxylation is 1. The molecule has 0 atom stereocenters. The zero-order chi connectivity index (χ0) is 13.0. The molecule has 3 heteroatoms. The van der Waals surface area contributed by atoms with Crippen LogP contribution in [0.5, 0.6) is 0 Å². The zero-order valence-corrected chi connectivity index (χ0v) is 11.6. The molecule has 0 aromatic heterocycles. The number of hydrogen-bond donors (Lipinski definition) is 0. The van der Waals surface area contributed by atoms with Crippen LogP contribution in [0.25, 0.3) is 0 Å². The number of carbonyl (C=O) groups excluding carboxylic acids is 1. The zero-order valence-electron chi connectivity index (χ0n) is 10.8. The molecule has 0 radical (unpaired) electrons. The number of alkyl halides is 1. The number of hydrogen-bond acceptors (Lipinski definition) is 2. The molecule has 1 heterocycles. The Hall–Kier alpha value is -0.860. The standard InChI is InChI=1S/C15H19ClO2/c1-11(17)6-13-7-12(4-2-3-5-16)8-14-9-18-10-15(13)14/h7-8H,2-6,9-10H2,1H3. The third-order valence-corrected chi connectivity index (χ3v) is 3.55. The molecule has 0 saturated carbocycles. The molecular formula is C15H19ClO2. The van der Waals surface area contributed by atoms with Crippen molar-refractivity contribution in [2.24, 2.45) is 0 Å². The van der Waals surface area contributed by atoms with Crippen molar-refractivity contribution in [2.75, 3.05) is 5.88 Å². The number of halogens is 1. The highest BCUT2D eigenvalue weighted by atomic mass is 35.5. The van der Waals surface area contributed by atoms with Gasteiger partial charge < -0.3 is 4.74 Å². The molecule has 0 N–H and O–H groups in total. The number of benzene rings is 1. The molecule has 0 spiro atoms. The lowest BCUT2D eigenvalue weighted by Gasteiger charge is -2.09. The topological polar surface area (TPSA) is 26.3 Å². The van der Waals surface area contributed by atoms with Gasteiger partial charge in [0.2, 0.25) is 0 Å². The normalized spacial score (nSPS) is 13.7.